The summed E-state index contributed by atoms with van der Waals surface area (Å²) >= 11 is 1.17. The van der Waals surface area contributed by atoms with Crippen molar-refractivity contribution >= 4 is 40.2 Å². The summed E-state index contributed by atoms with van der Waals surface area (Å²) in [7, 11) is 0. The summed E-state index contributed by atoms with van der Waals surface area (Å²) in [6.45, 7) is 3.87. The van der Waals surface area contributed by atoms with E-state index in [1.807, 2.05) is 38.1 Å². The molecule has 1 aliphatic rings. The Balaban J connectivity index is 1.38. The summed E-state index contributed by atoms with van der Waals surface area (Å²) in [5.41, 5.74) is 2.59. The van der Waals surface area contributed by atoms with Gasteiger partial charge in [0.25, 0.3) is 0 Å². The molecule has 0 aliphatic carbocycles. The summed E-state index contributed by atoms with van der Waals surface area (Å²) in [5.74, 6) is -4.37. The predicted molar refractivity (Wildman–Crippen MR) is 143 cm³/mol. The molecule has 1 N–H and O–H groups in total. The van der Waals surface area contributed by atoms with Crippen molar-refractivity contribution in [2.45, 2.75) is 51.3 Å². The van der Waals surface area contributed by atoms with Gasteiger partial charge < -0.3 is 5.32 Å². The van der Waals surface area contributed by atoms with Gasteiger partial charge in [-0.2, -0.15) is 32.0 Å². The van der Waals surface area contributed by atoms with Gasteiger partial charge in [-0.1, -0.05) is 43.8 Å². The van der Waals surface area contributed by atoms with Gasteiger partial charge in [-0.05, 0) is 48.2 Å². The number of rotatable bonds is 8. The van der Waals surface area contributed by atoms with Crippen LogP contribution < -0.4 is 10.2 Å². The van der Waals surface area contributed by atoms with Gasteiger partial charge in [0.05, 0.1) is 11.4 Å². The topological polar surface area (TPSA) is 92.5 Å². The van der Waals surface area contributed by atoms with Crippen LogP contribution in [0.4, 0.5) is 38.1 Å². The molecular weight excluding hydrogens is 555 g/mol. The Hall–Kier alpha value is -3.81. The monoisotopic (exact) mass is 580 g/mol. The fraction of sp³-hybridized carbons (Fsp3) is 0.346. The molecule has 0 radical (unpaired) electrons. The van der Waals surface area contributed by atoms with Crippen LogP contribution in [0.2, 0.25) is 0 Å². The minimum absolute atomic E-state index is 0.156. The second kappa shape index (κ2) is 11.7. The number of aromatic nitrogens is 3. The zero-order chi connectivity index (χ0) is 29.1. The number of alkyl halides is 5. The van der Waals surface area contributed by atoms with Crippen molar-refractivity contribution in [3.8, 4) is 11.4 Å². The molecule has 2 heterocycles. The standard InChI is InChI=1S/C26H25F5N6O2S/c1-16(2)19-6-3-4-7-20(19)37-21(38)14-40-24(37)34-23(39)33-18-10-8-17(9-11-18)22-32-15-36(35-22)13-5-12-25(27,28)26(29,30)31/h3-4,6-11,15-16H,5,12-14H2,1-2H3,(H,33,39). The third-order valence-corrected chi connectivity index (χ3v) is 6.91. The minimum atomic E-state index is -5.59. The van der Waals surface area contributed by atoms with Gasteiger partial charge in [0.15, 0.2) is 11.0 Å². The molecule has 1 saturated heterocycles. The molecule has 8 nitrogen and oxygen atoms in total. The fourth-order valence-electron chi connectivity index (χ4n) is 3.94. The quantitative estimate of drug-likeness (QED) is 0.299. The number of urea groups is 1. The van der Waals surface area contributed by atoms with Gasteiger partial charge in [-0.3, -0.25) is 14.4 Å². The number of aliphatic imine (C=N–C) groups is 1. The van der Waals surface area contributed by atoms with Gasteiger partial charge in [0.2, 0.25) is 5.91 Å². The van der Waals surface area contributed by atoms with E-state index >= 15 is 0 Å². The third kappa shape index (κ3) is 6.66. The van der Waals surface area contributed by atoms with Crippen LogP contribution in [0.5, 0.6) is 0 Å². The van der Waals surface area contributed by atoms with Crippen molar-refractivity contribution in [1.82, 2.24) is 14.8 Å². The maximum atomic E-state index is 13.1. The number of thioether (sulfide) groups is 1. The first kappa shape index (κ1) is 29.2. The van der Waals surface area contributed by atoms with E-state index in [1.165, 1.54) is 27.7 Å². The zero-order valence-corrected chi connectivity index (χ0v) is 22.3. The van der Waals surface area contributed by atoms with Gasteiger partial charge in [0, 0.05) is 24.2 Å². The Labute approximate surface area is 230 Å². The lowest BCUT2D eigenvalue weighted by Gasteiger charge is -2.21. The zero-order valence-electron chi connectivity index (χ0n) is 21.5. The lowest BCUT2D eigenvalue weighted by molar-refractivity contribution is -0.284. The van der Waals surface area contributed by atoms with E-state index < -0.39 is 31.0 Å². The first-order chi connectivity index (χ1) is 18.9. The van der Waals surface area contributed by atoms with Crippen molar-refractivity contribution in [2.24, 2.45) is 4.99 Å². The molecule has 0 atom stereocenters. The van der Waals surface area contributed by atoms with Gasteiger partial charge >= 0.3 is 18.1 Å². The number of hydrogen-bond acceptors (Lipinski definition) is 5. The van der Waals surface area contributed by atoms with E-state index in [-0.39, 0.29) is 35.1 Å². The number of nitrogens with zero attached hydrogens (tertiary/aromatic N) is 5. The van der Waals surface area contributed by atoms with Crippen molar-refractivity contribution < 1.29 is 31.5 Å². The number of carbonyl (C=O) groups excluding carboxylic acids is 2. The summed E-state index contributed by atoms with van der Waals surface area (Å²) in [5, 5.41) is 7.03. The molecule has 1 aromatic heterocycles. The SMILES string of the molecule is CC(C)c1ccccc1N1C(=O)CSC1=NC(=O)Nc1ccc(-c2ncn(CCCC(F)(F)C(F)(F)F)n2)cc1. The van der Waals surface area contributed by atoms with Crippen molar-refractivity contribution in [3.63, 3.8) is 0 Å². The first-order valence-electron chi connectivity index (χ1n) is 12.2. The number of anilines is 2. The fourth-order valence-corrected chi connectivity index (χ4v) is 4.80. The number of carbonyl (C=O) groups is 2. The van der Waals surface area contributed by atoms with E-state index in [9.17, 15) is 31.5 Å². The Morgan fingerprint density at radius 3 is 2.48 bits per heavy atom. The summed E-state index contributed by atoms with van der Waals surface area (Å²) in [4.78, 5) is 34.9. The molecule has 3 amide bonds. The second-order valence-corrected chi connectivity index (χ2v) is 10.2. The number of nitrogens with one attached hydrogen (secondary N) is 1. The molecule has 1 fully saturated rings. The molecular formula is C26H25F5N6O2S. The van der Waals surface area contributed by atoms with Crippen LogP contribution in [0.25, 0.3) is 11.4 Å². The van der Waals surface area contributed by atoms with Crippen molar-refractivity contribution in [2.75, 3.05) is 16.0 Å². The number of halogens is 5. The van der Waals surface area contributed by atoms with Crippen LogP contribution >= 0.6 is 11.8 Å². The van der Waals surface area contributed by atoms with Gasteiger partial charge in [-0.15, -0.1) is 0 Å². The Kier molecular flexibility index (Phi) is 8.57. The number of benzene rings is 2. The molecule has 0 saturated carbocycles. The normalized spacial score (nSPS) is 15.3. The molecule has 0 spiro atoms. The van der Waals surface area contributed by atoms with Crippen LogP contribution in [0.3, 0.4) is 0 Å². The van der Waals surface area contributed by atoms with Crippen LogP contribution in [-0.4, -0.2) is 49.7 Å². The molecule has 0 bridgehead atoms. The molecule has 2 aromatic carbocycles. The Morgan fingerprint density at radius 1 is 1.10 bits per heavy atom. The molecule has 40 heavy (non-hydrogen) atoms. The van der Waals surface area contributed by atoms with Crippen molar-refractivity contribution in [1.29, 1.82) is 0 Å². The maximum absolute atomic E-state index is 13.1. The van der Waals surface area contributed by atoms with Crippen LogP contribution in [0.15, 0.2) is 59.9 Å². The summed E-state index contributed by atoms with van der Waals surface area (Å²) in [6, 6.07) is 13.2. The lowest BCUT2D eigenvalue weighted by atomic mass is 10.0. The highest BCUT2D eigenvalue weighted by atomic mass is 32.2. The number of amidine groups is 1. The largest absolute Gasteiger partial charge is 0.453 e. The second-order valence-electron chi connectivity index (χ2n) is 9.27. The lowest BCUT2D eigenvalue weighted by Crippen LogP contribution is -2.36. The number of aryl methyl sites for hydroxylation is 1. The van der Waals surface area contributed by atoms with Gasteiger partial charge in [0.1, 0.15) is 6.33 Å². The van der Waals surface area contributed by atoms with E-state index in [2.05, 4.69) is 20.4 Å². The number of para-hydroxylation sites is 1. The van der Waals surface area contributed by atoms with Crippen LogP contribution in [0.1, 0.15) is 38.2 Å². The smallest absolute Gasteiger partial charge is 0.306 e. The van der Waals surface area contributed by atoms with E-state index in [0.717, 1.165) is 5.56 Å². The summed E-state index contributed by atoms with van der Waals surface area (Å²) in [6.07, 6.45) is -6.13. The average molecular weight is 581 g/mol. The van der Waals surface area contributed by atoms with Gasteiger partial charge in [-0.25, -0.2) is 9.78 Å². The number of amides is 3. The maximum Gasteiger partial charge on any atom is 0.453 e. The van der Waals surface area contributed by atoms with E-state index in [4.69, 9.17) is 0 Å². The molecule has 0 unspecified atom stereocenters. The molecule has 4 rings (SSSR count). The minimum Gasteiger partial charge on any atom is -0.306 e. The molecule has 212 valence electrons. The predicted octanol–water partition coefficient (Wildman–Crippen LogP) is 6.71. The van der Waals surface area contributed by atoms with Crippen molar-refractivity contribution in [3.05, 3.63) is 60.4 Å². The highest BCUT2D eigenvalue weighted by molar-refractivity contribution is 8.15. The average Bonchev–Trinajstić information content (AvgIpc) is 3.50. The third-order valence-electron chi connectivity index (χ3n) is 5.99. The Bertz CT molecular complexity index is 1410. The number of hydrogen-bond donors (Lipinski definition) is 1. The summed E-state index contributed by atoms with van der Waals surface area (Å²) < 4.78 is 64.3. The Morgan fingerprint density at radius 2 is 1.80 bits per heavy atom. The highest BCUT2D eigenvalue weighted by Gasteiger charge is 2.56. The van der Waals surface area contributed by atoms with E-state index in [0.29, 0.717) is 16.9 Å². The molecule has 1 aliphatic heterocycles. The molecule has 3 aromatic rings. The molecule has 14 heteroatoms. The first-order valence-corrected chi connectivity index (χ1v) is 13.2. The van der Waals surface area contributed by atoms with Crippen LogP contribution in [-0.2, 0) is 11.3 Å². The van der Waals surface area contributed by atoms with E-state index in [1.54, 1.807) is 24.3 Å². The van der Waals surface area contributed by atoms with Crippen LogP contribution in [0, 0.1) is 0 Å². The highest BCUT2D eigenvalue weighted by Crippen LogP contribution is 2.39.